The van der Waals surface area contributed by atoms with Crippen molar-refractivity contribution in [3.05, 3.63) is 0 Å². The molecule has 0 radical (unpaired) electrons. The van der Waals surface area contributed by atoms with Gasteiger partial charge in [-0.15, -0.1) is 0 Å². The zero-order chi connectivity index (χ0) is 8.10. The van der Waals surface area contributed by atoms with Crippen molar-refractivity contribution >= 4 is 17.4 Å². The molecule has 0 aromatic carbocycles. The molecule has 1 heterocycles. The van der Waals surface area contributed by atoms with Crippen LogP contribution in [-0.4, -0.2) is 41.4 Å². The van der Waals surface area contributed by atoms with Crippen LogP contribution < -0.4 is 0 Å². The van der Waals surface area contributed by atoms with E-state index in [1.165, 1.54) is 25.9 Å². The Morgan fingerprint density at radius 1 is 1.09 bits per heavy atom. The normalized spacial score (nSPS) is 22.5. The molecule has 2 heteroatoms. The van der Waals surface area contributed by atoms with E-state index in [1.807, 2.05) is 0 Å². The number of hydrogen-bond acceptors (Lipinski definition) is 1. The van der Waals surface area contributed by atoms with Gasteiger partial charge in [-0.2, -0.15) is 0 Å². The summed E-state index contributed by atoms with van der Waals surface area (Å²) in [6.07, 6.45) is 3.00. The fraction of sp³-hybridized carbons (Fsp3) is 1.00. The first-order chi connectivity index (χ1) is 5.30. The molecule has 1 fully saturated rings. The molecule has 0 aliphatic carbocycles. The second kappa shape index (κ2) is 5.28. The Hall–Kier alpha value is 0.596. The molecule has 0 bridgehead atoms. The third-order valence-corrected chi connectivity index (χ3v) is 6.82. The van der Waals surface area contributed by atoms with Crippen molar-refractivity contribution in [1.29, 1.82) is 0 Å². The molecule has 0 unspecified atom stereocenters. The standard InChI is InChI=1S/C9H19N.Ga.H/c1-5-7-10(8-6-2)9(3)4;;/h9H,1-2,5-8H2,3-4H3;;. The monoisotopic (exact) mass is 211 g/mol. The van der Waals surface area contributed by atoms with Crippen LogP contribution in [0.5, 0.6) is 0 Å². The summed E-state index contributed by atoms with van der Waals surface area (Å²) in [4.78, 5) is 5.91. The van der Waals surface area contributed by atoms with E-state index in [0.717, 1.165) is 6.04 Å². The van der Waals surface area contributed by atoms with Gasteiger partial charge in [0.1, 0.15) is 0 Å². The summed E-state index contributed by atoms with van der Waals surface area (Å²) in [7, 11) is 0. The number of nitrogens with zero attached hydrogens (tertiary/aromatic N) is 1. The predicted octanol–water partition coefficient (Wildman–Crippen LogP) is 1.76. The molecule has 0 spiro atoms. The molecule has 0 amide bonds. The quantitative estimate of drug-likeness (QED) is 0.598. The van der Waals surface area contributed by atoms with Crippen molar-refractivity contribution in [2.75, 3.05) is 13.1 Å². The maximum absolute atomic E-state index is 2.64. The van der Waals surface area contributed by atoms with Crippen LogP contribution in [0.25, 0.3) is 0 Å². The average molecular weight is 212 g/mol. The van der Waals surface area contributed by atoms with Crippen LogP contribution in [0.15, 0.2) is 0 Å². The van der Waals surface area contributed by atoms with E-state index in [0.29, 0.717) is 0 Å². The van der Waals surface area contributed by atoms with Crippen molar-refractivity contribution in [1.82, 2.24) is 4.90 Å². The van der Waals surface area contributed by atoms with Gasteiger partial charge in [-0.25, -0.2) is 0 Å². The second-order valence-electron chi connectivity index (χ2n) is 3.90. The maximum atomic E-state index is 2.64. The molecule has 0 atom stereocenters. The van der Waals surface area contributed by atoms with Crippen molar-refractivity contribution in [2.24, 2.45) is 0 Å². The molecule has 1 saturated heterocycles. The minimum absolute atomic E-state index is 0.00264. The number of rotatable bonds is 1. The Balaban J connectivity index is 2.26. The van der Waals surface area contributed by atoms with Crippen molar-refractivity contribution in [3.63, 3.8) is 0 Å². The molecule has 0 aromatic heterocycles. The van der Waals surface area contributed by atoms with Gasteiger partial charge in [-0.1, -0.05) is 0 Å². The van der Waals surface area contributed by atoms with Gasteiger partial charge < -0.3 is 0 Å². The Labute approximate surface area is 78.3 Å². The first-order valence-corrected chi connectivity index (χ1v) is 9.24. The van der Waals surface area contributed by atoms with E-state index >= 15 is 0 Å². The van der Waals surface area contributed by atoms with Gasteiger partial charge in [0.25, 0.3) is 0 Å². The Morgan fingerprint density at radius 2 is 1.64 bits per heavy atom. The first kappa shape index (κ1) is 9.68. The fourth-order valence-corrected chi connectivity index (χ4v) is 4.95. The summed E-state index contributed by atoms with van der Waals surface area (Å²) < 4.78 is 0. The van der Waals surface area contributed by atoms with E-state index < -0.39 is 0 Å². The molecule has 64 valence electrons. The van der Waals surface area contributed by atoms with Gasteiger partial charge in [0.2, 0.25) is 0 Å². The Kier molecular flexibility index (Phi) is 4.65. The second-order valence-corrected chi connectivity index (χ2v) is 8.35. The predicted molar refractivity (Wildman–Crippen MR) is 52.7 cm³/mol. The average Bonchev–Trinajstić information content (AvgIpc) is 1.84. The molecule has 0 saturated carbocycles. The van der Waals surface area contributed by atoms with Crippen LogP contribution in [0.3, 0.4) is 0 Å². The molecule has 1 aliphatic heterocycles. The summed E-state index contributed by atoms with van der Waals surface area (Å²) >= 11 is -0.00264. The third kappa shape index (κ3) is 3.68. The summed E-state index contributed by atoms with van der Waals surface area (Å²) in [5.41, 5.74) is 0. The molecular formula is C9H20GaN. The molecule has 0 aromatic rings. The van der Waals surface area contributed by atoms with Crippen LogP contribution >= 0.6 is 0 Å². The summed E-state index contributed by atoms with van der Waals surface area (Å²) in [6, 6.07) is 0.778. The van der Waals surface area contributed by atoms with Gasteiger partial charge in [0.15, 0.2) is 0 Å². The summed E-state index contributed by atoms with van der Waals surface area (Å²) in [5, 5.41) is 0. The van der Waals surface area contributed by atoms with Gasteiger partial charge >= 0.3 is 78.1 Å². The van der Waals surface area contributed by atoms with E-state index in [1.54, 1.807) is 9.95 Å². The summed E-state index contributed by atoms with van der Waals surface area (Å²) in [6.45, 7) is 7.40. The van der Waals surface area contributed by atoms with Crippen LogP contribution in [0.2, 0.25) is 9.95 Å². The van der Waals surface area contributed by atoms with E-state index in [4.69, 9.17) is 0 Å². The van der Waals surface area contributed by atoms with Gasteiger partial charge in [0, 0.05) is 0 Å². The SMILES string of the molecule is CC(C)N1CC[CH2][GaH][CH2]CC1. The zero-order valence-corrected chi connectivity index (χ0v) is 10.9. The van der Waals surface area contributed by atoms with Crippen molar-refractivity contribution < 1.29 is 0 Å². The fourth-order valence-electron chi connectivity index (χ4n) is 1.79. The molecule has 1 rings (SSSR count). The molecular weight excluding hydrogens is 192 g/mol. The number of hydrogen-bond donors (Lipinski definition) is 0. The molecule has 11 heavy (non-hydrogen) atoms. The van der Waals surface area contributed by atoms with Crippen molar-refractivity contribution in [2.45, 2.75) is 42.7 Å². The van der Waals surface area contributed by atoms with Crippen LogP contribution in [0, 0.1) is 0 Å². The van der Waals surface area contributed by atoms with Crippen LogP contribution in [-0.2, 0) is 0 Å². The van der Waals surface area contributed by atoms with E-state index in [-0.39, 0.29) is 17.4 Å². The van der Waals surface area contributed by atoms with Gasteiger partial charge in [-0.05, 0) is 0 Å². The van der Waals surface area contributed by atoms with E-state index in [2.05, 4.69) is 18.7 Å². The minimum atomic E-state index is -0.00264. The zero-order valence-electron chi connectivity index (χ0n) is 7.97. The Morgan fingerprint density at radius 3 is 2.09 bits per heavy atom. The first-order valence-electron chi connectivity index (χ1n) is 5.05. The van der Waals surface area contributed by atoms with Crippen molar-refractivity contribution in [3.8, 4) is 0 Å². The molecule has 1 aliphatic rings. The van der Waals surface area contributed by atoms with Gasteiger partial charge in [-0.3, -0.25) is 0 Å². The topological polar surface area (TPSA) is 3.24 Å². The van der Waals surface area contributed by atoms with Crippen LogP contribution in [0.1, 0.15) is 26.7 Å². The van der Waals surface area contributed by atoms with Gasteiger partial charge in [0.05, 0.1) is 0 Å². The third-order valence-electron chi connectivity index (χ3n) is 2.62. The Bertz CT molecular complexity index is 95.7. The van der Waals surface area contributed by atoms with Crippen LogP contribution in [0.4, 0.5) is 0 Å². The molecule has 1 nitrogen and oxygen atoms in total. The molecule has 0 N–H and O–H groups in total. The van der Waals surface area contributed by atoms with E-state index in [9.17, 15) is 0 Å². The summed E-state index contributed by atoms with van der Waals surface area (Å²) in [5.74, 6) is 0.